The standard InChI is InChI=1S/C25H38N2Si2/c1-5-13-22(14-6-1)26(23-15-7-2-8-16-23)28-21-29-27(24-17-9-3-10-18-24)25-19-11-4-12-20-25/h1,3,5-6,9-10,13-14,17-18,23,25H,2,4,7-8,11-12,15-16,19-21,28-29H2. The summed E-state index contributed by atoms with van der Waals surface area (Å²) in [6, 6.07) is 24.3. The number of benzene rings is 2. The van der Waals surface area contributed by atoms with E-state index in [1.165, 1.54) is 81.3 Å². The van der Waals surface area contributed by atoms with E-state index in [1.807, 2.05) is 0 Å². The molecule has 0 aliphatic heterocycles. The molecule has 2 saturated carbocycles. The second-order valence-corrected chi connectivity index (χ2v) is 14.1. The molecule has 0 N–H and O–H groups in total. The maximum absolute atomic E-state index is 2.90. The third kappa shape index (κ3) is 5.76. The molecule has 156 valence electrons. The van der Waals surface area contributed by atoms with Crippen LogP contribution >= 0.6 is 0 Å². The Balaban J connectivity index is 1.43. The Kier molecular flexibility index (Phi) is 7.88. The molecule has 2 aromatic rings. The van der Waals surface area contributed by atoms with Gasteiger partial charge in [-0.25, -0.2) is 0 Å². The fourth-order valence-corrected chi connectivity index (χ4v) is 11.2. The summed E-state index contributed by atoms with van der Waals surface area (Å²) < 4.78 is 5.80. The van der Waals surface area contributed by atoms with E-state index < -0.39 is 0 Å². The van der Waals surface area contributed by atoms with Crippen molar-refractivity contribution in [2.24, 2.45) is 0 Å². The fraction of sp³-hybridized carbons (Fsp3) is 0.520. The van der Waals surface area contributed by atoms with Crippen LogP contribution in [-0.2, 0) is 0 Å². The van der Waals surface area contributed by atoms with Gasteiger partial charge in [-0.05, 0) is 55.6 Å². The molecule has 29 heavy (non-hydrogen) atoms. The summed E-state index contributed by atoms with van der Waals surface area (Å²) in [4.78, 5) is 0. The highest BCUT2D eigenvalue weighted by atomic mass is 28.3. The van der Waals surface area contributed by atoms with Gasteiger partial charge in [0.2, 0.25) is 0 Å². The van der Waals surface area contributed by atoms with Crippen LogP contribution in [-0.4, -0.2) is 31.4 Å². The fourth-order valence-electron chi connectivity index (χ4n) is 5.48. The Morgan fingerprint density at radius 3 is 1.31 bits per heavy atom. The van der Waals surface area contributed by atoms with Crippen molar-refractivity contribution in [2.45, 2.75) is 82.0 Å². The largest absolute Gasteiger partial charge is 0.401 e. The zero-order valence-electron chi connectivity index (χ0n) is 18.0. The van der Waals surface area contributed by atoms with Crippen molar-refractivity contribution in [3.63, 3.8) is 0 Å². The van der Waals surface area contributed by atoms with E-state index >= 15 is 0 Å². The maximum atomic E-state index is 2.90. The van der Waals surface area contributed by atoms with Gasteiger partial charge < -0.3 is 9.13 Å². The van der Waals surface area contributed by atoms with Gasteiger partial charge in [-0.1, -0.05) is 74.9 Å². The number of hydrogen-bond acceptors (Lipinski definition) is 2. The van der Waals surface area contributed by atoms with Crippen LogP contribution in [0.3, 0.4) is 0 Å². The van der Waals surface area contributed by atoms with E-state index in [9.17, 15) is 0 Å². The van der Waals surface area contributed by atoms with Gasteiger partial charge in [-0.2, -0.15) is 0 Å². The lowest BCUT2D eigenvalue weighted by molar-refractivity contribution is 0.442. The molecule has 0 aromatic heterocycles. The number of rotatable bonds is 8. The smallest absolute Gasteiger partial charge is 0.123 e. The quantitative estimate of drug-likeness (QED) is 0.539. The van der Waals surface area contributed by atoms with E-state index in [4.69, 9.17) is 0 Å². The molecule has 0 saturated heterocycles. The third-order valence-corrected chi connectivity index (χ3v) is 12.3. The van der Waals surface area contributed by atoms with Crippen LogP contribution in [0.15, 0.2) is 60.7 Å². The monoisotopic (exact) mass is 422 g/mol. The van der Waals surface area contributed by atoms with Crippen molar-refractivity contribution in [1.82, 2.24) is 0 Å². The highest BCUT2D eigenvalue weighted by Gasteiger charge is 2.24. The summed E-state index contributed by atoms with van der Waals surface area (Å²) in [5, 5.41) is 0. The number of nitrogens with zero attached hydrogens (tertiary/aromatic N) is 2. The van der Waals surface area contributed by atoms with Gasteiger partial charge in [0.25, 0.3) is 0 Å². The van der Waals surface area contributed by atoms with Gasteiger partial charge in [0, 0.05) is 23.5 Å². The molecule has 2 fully saturated rings. The van der Waals surface area contributed by atoms with Crippen molar-refractivity contribution < 1.29 is 0 Å². The predicted molar refractivity (Wildman–Crippen MR) is 133 cm³/mol. The zero-order valence-corrected chi connectivity index (χ0v) is 20.8. The zero-order chi connectivity index (χ0) is 19.7. The highest BCUT2D eigenvalue weighted by Crippen LogP contribution is 2.29. The van der Waals surface area contributed by atoms with Crippen LogP contribution in [0.5, 0.6) is 0 Å². The Bertz CT molecular complexity index is 636. The molecule has 4 rings (SSSR count). The number of hydrogen-bond donors (Lipinski definition) is 0. The average Bonchev–Trinajstić information content (AvgIpc) is 2.81. The minimum absolute atomic E-state index is 0.248. The summed E-state index contributed by atoms with van der Waals surface area (Å²) in [5.41, 5.74) is 4.52. The van der Waals surface area contributed by atoms with Crippen molar-refractivity contribution >= 4 is 30.7 Å². The first-order chi connectivity index (χ1) is 14.4. The molecule has 0 heterocycles. The molecular weight excluding hydrogens is 384 g/mol. The molecule has 2 nitrogen and oxygen atoms in total. The second-order valence-electron chi connectivity index (χ2n) is 9.00. The van der Waals surface area contributed by atoms with Gasteiger partial charge in [0.1, 0.15) is 19.4 Å². The van der Waals surface area contributed by atoms with E-state index in [-0.39, 0.29) is 19.4 Å². The molecule has 0 spiro atoms. The normalized spacial score (nSPS) is 19.3. The number of para-hydroxylation sites is 2. The Labute approximate surface area is 182 Å². The summed E-state index contributed by atoms with van der Waals surface area (Å²) in [7, 11) is -0.495. The Morgan fingerprint density at radius 2 is 0.931 bits per heavy atom. The van der Waals surface area contributed by atoms with E-state index in [0.717, 1.165) is 12.1 Å². The van der Waals surface area contributed by atoms with Crippen LogP contribution in [0.1, 0.15) is 64.2 Å². The molecule has 4 heteroatoms. The summed E-state index contributed by atoms with van der Waals surface area (Å²) in [6.45, 7) is 0. The van der Waals surface area contributed by atoms with E-state index in [0.29, 0.717) is 0 Å². The van der Waals surface area contributed by atoms with Crippen LogP contribution < -0.4 is 9.13 Å². The molecule has 2 aliphatic carbocycles. The van der Waals surface area contributed by atoms with Crippen LogP contribution in [0.25, 0.3) is 0 Å². The predicted octanol–water partition coefficient (Wildman–Crippen LogP) is 5.21. The van der Waals surface area contributed by atoms with Crippen molar-refractivity contribution in [2.75, 3.05) is 9.13 Å². The topological polar surface area (TPSA) is 6.48 Å². The third-order valence-electron chi connectivity index (χ3n) is 7.00. The van der Waals surface area contributed by atoms with Crippen molar-refractivity contribution in [3.8, 4) is 0 Å². The van der Waals surface area contributed by atoms with Gasteiger partial charge in [0.15, 0.2) is 0 Å². The molecule has 0 amide bonds. The van der Waals surface area contributed by atoms with Gasteiger partial charge in [-0.3, -0.25) is 0 Å². The molecule has 2 aromatic carbocycles. The Hall–Kier alpha value is -1.53. The summed E-state index contributed by atoms with van der Waals surface area (Å²) in [6.07, 6.45) is 14.2. The first kappa shape index (κ1) is 20.7. The molecule has 0 radical (unpaired) electrons. The minimum atomic E-state index is -0.248. The first-order valence-electron chi connectivity index (χ1n) is 12.1. The lowest BCUT2D eigenvalue weighted by atomic mass is 9.95. The number of anilines is 2. The molecule has 0 unspecified atom stereocenters. The van der Waals surface area contributed by atoms with E-state index in [1.54, 1.807) is 0 Å². The Morgan fingerprint density at radius 1 is 0.552 bits per heavy atom. The average molecular weight is 423 g/mol. The van der Waals surface area contributed by atoms with Gasteiger partial charge in [-0.15, -0.1) is 0 Å². The highest BCUT2D eigenvalue weighted by molar-refractivity contribution is 6.60. The van der Waals surface area contributed by atoms with Gasteiger partial charge >= 0.3 is 0 Å². The lowest BCUT2D eigenvalue weighted by Crippen LogP contribution is -2.44. The van der Waals surface area contributed by atoms with Crippen LogP contribution in [0, 0.1) is 0 Å². The summed E-state index contributed by atoms with van der Waals surface area (Å²) in [5.74, 6) is 0. The minimum Gasteiger partial charge on any atom is -0.401 e. The van der Waals surface area contributed by atoms with Gasteiger partial charge in [0.05, 0.1) is 0 Å². The molecule has 2 aliphatic rings. The summed E-state index contributed by atoms with van der Waals surface area (Å²) >= 11 is 0. The van der Waals surface area contributed by atoms with E-state index in [2.05, 4.69) is 69.8 Å². The van der Waals surface area contributed by atoms with Crippen molar-refractivity contribution in [1.29, 1.82) is 0 Å². The van der Waals surface area contributed by atoms with Crippen molar-refractivity contribution in [3.05, 3.63) is 60.7 Å². The molecular formula is C25H38N2Si2. The second kappa shape index (κ2) is 11.0. The maximum Gasteiger partial charge on any atom is 0.123 e. The van der Waals surface area contributed by atoms with Crippen LogP contribution in [0.2, 0.25) is 5.67 Å². The molecule has 0 atom stereocenters. The SMILES string of the molecule is c1ccc(N([SiH2]C[SiH2]N(c2ccccc2)C2CCCCC2)C2CCCCC2)cc1. The first-order valence-corrected chi connectivity index (χ1v) is 15.3. The van der Waals surface area contributed by atoms with Crippen LogP contribution in [0.4, 0.5) is 11.4 Å². The molecule has 0 bridgehead atoms. The lowest BCUT2D eigenvalue weighted by Gasteiger charge is -2.39.